The highest BCUT2D eigenvalue weighted by molar-refractivity contribution is 5.27. The Kier molecular flexibility index (Phi) is 4.13. The minimum Gasteiger partial charge on any atom is -0.322 e. The lowest BCUT2D eigenvalue weighted by Crippen LogP contribution is -2.31. The third kappa shape index (κ3) is 2.78. The molecule has 0 saturated carbocycles. The minimum atomic E-state index is -0.0244. The molecule has 18 heavy (non-hydrogen) atoms. The SMILES string of the molecule is CN(C)C(c1ccccc1)C(N)c1ccccc1. The predicted octanol–water partition coefficient (Wildman–Crippen LogP) is 2.99. The summed E-state index contributed by atoms with van der Waals surface area (Å²) < 4.78 is 0. The van der Waals surface area contributed by atoms with Crippen molar-refractivity contribution in [1.82, 2.24) is 4.90 Å². The Morgan fingerprint density at radius 2 is 1.22 bits per heavy atom. The minimum absolute atomic E-state index is 0.0244. The van der Waals surface area contributed by atoms with Crippen LogP contribution in [0.5, 0.6) is 0 Å². The van der Waals surface area contributed by atoms with Crippen LogP contribution in [0.25, 0.3) is 0 Å². The molecule has 0 heterocycles. The number of likely N-dealkylation sites (N-methyl/N-ethyl adjacent to an activating group) is 1. The maximum atomic E-state index is 6.43. The first-order chi connectivity index (χ1) is 8.70. The smallest absolute Gasteiger partial charge is 0.0536 e. The van der Waals surface area contributed by atoms with Crippen LogP contribution in [-0.2, 0) is 0 Å². The largest absolute Gasteiger partial charge is 0.322 e. The maximum Gasteiger partial charge on any atom is 0.0536 e. The Morgan fingerprint density at radius 3 is 1.67 bits per heavy atom. The van der Waals surface area contributed by atoms with Crippen molar-refractivity contribution in [3.63, 3.8) is 0 Å². The summed E-state index contributed by atoms with van der Waals surface area (Å²) in [6.07, 6.45) is 0. The zero-order chi connectivity index (χ0) is 13.0. The second kappa shape index (κ2) is 5.80. The molecular weight excluding hydrogens is 220 g/mol. The van der Waals surface area contributed by atoms with Crippen molar-refractivity contribution in [2.24, 2.45) is 5.73 Å². The summed E-state index contributed by atoms with van der Waals surface area (Å²) >= 11 is 0. The number of benzene rings is 2. The highest BCUT2D eigenvalue weighted by Gasteiger charge is 2.22. The van der Waals surface area contributed by atoms with Crippen molar-refractivity contribution >= 4 is 0 Å². The van der Waals surface area contributed by atoms with Crippen LogP contribution in [0.4, 0.5) is 0 Å². The fourth-order valence-corrected chi connectivity index (χ4v) is 2.33. The first kappa shape index (κ1) is 12.8. The molecule has 0 aliphatic heterocycles. The average Bonchev–Trinajstić information content (AvgIpc) is 2.40. The molecule has 2 nitrogen and oxygen atoms in total. The number of hydrogen-bond donors (Lipinski definition) is 1. The molecule has 2 atom stereocenters. The molecule has 0 spiro atoms. The summed E-state index contributed by atoms with van der Waals surface area (Å²) in [4.78, 5) is 2.17. The normalized spacial score (nSPS) is 14.4. The van der Waals surface area contributed by atoms with Crippen LogP contribution in [-0.4, -0.2) is 19.0 Å². The fraction of sp³-hybridized carbons (Fsp3) is 0.250. The lowest BCUT2D eigenvalue weighted by Gasteiger charge is -2.30. The van der Waals surface area contributed by atoms with Crippen molar-refractivity contribution in [3.05, 3.63) is 71.8 Å². The quantitative estimate of drug-likeness (QED) is 0.890. The van der Waals surface area contributed by atoms with Crippen LogP contribution in [0.15, 0.2) is 60.7 Å². The van der Waals surface area contributed by atoms with E-state index in [1.807, 2.05) is 24.3 Å². The van der Waals surface area contributed by atoms with Crippen LogP contribution < -0.4 is 5.73 Å². The van der Waals surface area contributed by atoms with Crippen LogP contribution >= 0.6 is 0 Å². The molecule has 2 rings (SSSR count). The summed E-state index contributed by atoms with van der Waals surface area (Å²) in [5.41, 5.74) is 8.85. The lowest BCUT2D eigenvalue weighted by atomic mass is 9.93. The molecule has 94 valence electrons. The number of nitrogens with zero attached hydrogens (tertiary/aromatic N) is 1. The van der Waals surface area contributed by atoms with Crippen molar-refractivity contribution < 1.29 is 0 Å². The molecule has 2 heteroatoms. The van der Waals surface area contributed by atoms with Crippen molar-refractivity contribution in [3.8, 4) is 0 Å². The van der Waals surface area contributed by atoms with E-state index in [1.54, 1.807) is 0 Å². The first-order valence-corrected chi connectivity index (χ1v) is 6.22. The maximum absolute atomic E-state index is 6.43. The second-order valence-corrected chi connectivity index (χ2v) is 4.76. The van der Waals surface area contributed by atoms with Gasteiger partial charge in [0, 0.05) is 6.04 Å². The van der Waals surface area contributed by atoms with E-state index in [1.165, 1.54) is 11.1 Å². The third-order valence-electron chi connectivity index (χ3n) is 3.22. The molecule has 2 aromatic rings. The fourth-order valence-electron chi connectivity index (χ4n) is 2.33. The number of rotatable bonds is 4. The van der Waals surface area contributed by atoms with Crippen molar-refractivity contribution in [2.45, 2.75) is 12.1 Å². The molecule has 0 aliphatic rings. The predicted molar refractivity (Wildman–Crippen MR) is 76.2 cm³/mol. The first-order valence-electron chi connectivity index (χ1n) is 6.22. The molecule has 0 aliphatic carbocycles. The van der Waals surface area contributed by atoms with Crippen LogP contribution in [0.1, 0.15) is 23.2 Å². The van der Waals surface area contributed by atoms with Crippen LogP contribution in [0.3, 0.4) is 0 Å². The molecule has 0 bridgehead atoms. The van der Waals surface area contributed by atoms with E-state index in [-0.39, 0.29) is 12.1 Å². The van der Waals surface area contributed by atoms with Gasteiger partial charge in [-0.2, -0.15) is 0 Å². The van der Waals surface area contributed by atoms with Gasteiger partial charge in [0.1, 0.15) is 0 Å². The van der Waals surface area contributed by atoms with E-state index in [0.29, 0.717) is 0 Å². The molecular formula is C16H20N2. The molecule has 0 fully saturated rings. The second-order valence-electron chi connectivity index (χ2n) is 4.76. The zero-order valence-electron chi connectivity index (χ0n) is 11.0. The molecule has 2 N–H and O–H groups in total. The highest BCUT2D eigenvalue weighted by atomic mass is 15.1. The van der Waals surface area contributed by atoms with E-state index in [0.717, 1.165) is 0 Å². The Balaban J connectivity index is 2.32. The zero-order valence-corrected chi connectivity index (χ0v) is 11.0. The van der Waals surface area contributed by atoms with Gasteiger partial charge in [-0.1, -0.05) is 60.7 Å². The van der Waals surface area contributed by atoms with E-state index < -0.39 is 0 Å². The van der Waals surface area contributed by atoms with E-state index >= 15 is 0 Å². The van der Waals surface area contributed by atoms with Gasteiger partial charge in [-0.3, -0.25) is 0 Å². The number of nitrogens with two attached hydrogens (primary N) is 1. The monoisotopic (exact) mass is 240 g/mol. The van der Waals surface area contributed by atoms with Gasteiger partial charge in [0.15, 0.2) is 0 Å². The lowest BCUT2D eigenvalue weighted by molar-refractivity contribution is 0.259. The third-order valence-corrected chi connectivity index (χ3v) is 3.22. The molecule has 0 aromatic heterocycles. The molecule has 0 saturated heterocycles. The van der Waals surface area contributed by atoms with Gasteiger partial charge in [-0.25, -0.2) is 0 Å². The van der Waals surface area contributed by atoms with Crippen molar-refractivity contribution in [1.29, 1.82) is 0 Å². The highest BCUT2D eigenvalue weighted by Crippen LogP contribution is 2.30. The molecule has 2 unspecified atom stereocenters. The number of hydrogen-bond acceptors (Lipinski definition) is 2. The Labute approximate surface area is 109 Å². The Morgan fingerprint density at radius 1 is 0.778 bits per heavy atom. The Bertz CT molecular complexity index is 465. The van der Waals surface area contributed by atoms with Gasteiger partial charge in [0.05, 0.1) is 6.04 Å². The van der Waals surface area contributed by atoms with Crippen LogP contribution in [0.2, 0.25) is 0 Å². The van der Waals surface area contributed by atoms with Crippen molar-refractivity contribution in [2.75, 3.05) is 14.1 Å². The summed E-state index contributed by atoms with van der Waals surface area (Å²) in [5, 5.41) is 0. The summed E-state index contributed by atoms with van der Waals surface area (Å²) in [6, 6.07) is 20.8. The topological polar surface area (TPSA) is 29.3 Å². The average molecular weight is 240 g/mol. The Hall–Kier alpha value is -1.64. The van der Waals surface area contributed by atoms with Gasteiger partial charge in [0.25, 0.3) is 0 Å². The molecule has 0 radical (unpaired) electrons. The van der Waals surface area contributed by atoms with Gasteiger partial charge in [0.2, 0.25) is 0 Å². The van der Waals surface area contributed by atoms with Gasteiger partial charge in [-0.15, -0.1) is 0 Å². The summed E-state index contributed by atoms with van der Waals surface area (Å²) in [5.74, 6) is 0. The molecule has 0 amide bonds. The summed E-state index contributed by atoms with van der Waals surface area (Å²) in [7, 11) is 4.14. The van der Waals surface area contributed by atoms with Gasteiger partial charge < -0.3 is 10.6 Å². The van der Waals surface area contributed by atoms with E-state index in [2.05, 4.69) is 55.4 Å². The van der Waals surface area contributed by atoms with Crippen LogP contribution in [0, 0.1) is 0 Å². The van der Waals surface area contributed by atoms with E-state index in [4.69, 9.17) is 5.73 Å². The van der Waals surface area contributed by atoms with Gasteiger partial charge in [-0.05, 0) is 25.2 Å². The van der Waals surface area contributed by atoms with Gasteiger partial charge >= 0.3 is 0 Å². The van der Waals surface area contributed by atoms with E-state index in [9.17, 15) is 0 Å². The standard InChI is InChI=1S/C16H20N2/c1-18(2)16(14-11-7-4-8-12-14)15(17)13-9-5-3-6-10-13/h3-12,15-16H,17H2,1-2H3. The molecule has 2 aromatic carbocycles. The summed E-state index contributed by atoms with van der Waals surface area (Å²) in [6.45, 7) is 0.